The number of hydrogen-bond acceptors (Lipinski definition) is 9. The molecule has 0 aliphatic heterocycles. The van der Waals surface area contributed by atoms with Crippen LogP contribution < -0.4 is 10.2 Å². The van der Waals surface area contributed by atoms with Gasteiger partial charge in [-0.1, -0.05) is 11.6 Å². The van der Waals surface area contributed by atoms with E-state index in [2.05, 4.69) is 10.3 Å². The van der Waals surface area contributed by atoms with Crippen LogP contribution in [0.2, 0.25) is 5.15 Å². The minimum Gasteiger partial charge on any atom is -0.467 e. The summed E-state index contributed by atoms with van der Waals surface area (Å²) in [5.74, 6) is -0.0834. The van der Waals surface area contributed by atoms with Crippen molar-refractivity contribution in [2.75, 3.05) is 12.0 Å². The van der Waals surface area contributed by atoms with Gasteiger partial charge in [-0.3, -0.25) is 4.90 Å². The third-order valence-electron chi connectivity index (χ3n) is 5.29. The molecule has 3 aromatic rings. The summed E-state index contributed by atoms with van der Waals surface area (Å²) >= 11 is 7.75. The fourth-order valence-corrected chi connectivity index (χ4v) is 5.17. The van der Waals surface area contributed by atoms with Crippen LogP contribution in [0.5, 0.6) is 0 Å². The van der Waals surface area contributed by atoms with E-state index in [0.29, 0.717) is 21.7 Å². The van der Waals surface area contributed by atoms with Crippen LogP contribution in [0.1, 0.15) is 57.7 Å². The number of methoxy groups -OCH3 is 1. The molecule has 3 rings (SSSR count). The minimum atomic E-state index is -1.01. The Hall–Kier alpha value is -3.31. The number of thiophene rings is 1. The molecule has 39 heavy (non-hydrogen) atoms. The zero-order valence-corrected chi connectivity index (χ0v) is 24.9. The lowest BCUT2D eigenvalue weighted by molar-refractivity contribution is -0.143. The maximum absolute atomic E-state index is 13.4. The van der Waals surface area contributed by atoms with E-state index in [-0.39, 0.29) is 18.1 Å². The van der Waals surface area contributed by atoms with Crippen molar-refractivity contribution < 1.29 is 33.0 Å². The molecule has 0 spiro atoms. The van der Waals surface area contributed by atoms with Gasteiger partial charge in [0.2, 0.25) is 0 Å². The number of anilines is 1. The van der Waals surface area contributed by atoms with Crippen molar-refractivity contribution in [1.29, 1.82) is 0 Å². The average molecular weight is 580 g/mol. The first kappa shape index (κ1) is 30.2. The van der Waals surface area contributed by atoms with E-state index in [4.69, 9.17) is 30.2 Å². The maximum atomic E-state index is 13.4. The number of halogens is 1. The van der Waals surface area contributed by atoms with Gasteiger partial charge in [0.05, 0.1) is 35.8 Å². The Morgan fingerprint density at radius 1 is 1.15 bits per heavy atom. The van der Waals surface area contributed by atoms with Gasteiger partial charge in [0.25, 0.3) is 0 Å². The summed E-state index contributed by atoms with van der Waals surface area (Å²) in [5, 5.41) is 2.77. The molecule has 12 heteroatoms. The predicted octanol–water partition coefficient (Wildman–Crippen LogP) is 6.40. The van der Waals surface area contributed by atoms with Crippen molar-refractivity contribution in [2.24, 2.45) is 0 Å². The number of hydrogen-bond donors (Lipinski definition) is 1. The van der Waals surface area contributed by atoms with E-state index in [0.717, 1.165) is 10.4 Å². The number of aromatic nitrogens is 1. The lowest BCUT2D eigenvalue weighted by Gasteiger charge is -2.27. The average Bonchev–Trinajstić information content (AvgIpc) is 3.42. The Morgan fingerprint density at radius 3 is 2.38 bits per heavy atom. The molecule has 0 saturated carbocycles. The monoisotopic (exact) mass is 579 g/mol. The zero-order chi connectivity index (χ0) is 29.1. The van der Waals surface area contributed by atoms with Crippen LogP contribution in [0.25, 0.3) is 10.2 Å². The zero-order valence-electron chi connectivity index (χ0n) is 23.3. The number of alkyl carbamates (subject to hydrolysis) is 1. The van der Waals surface area contributed by atoms with Crippen molar-refractivity contribution in [1.82, 2.24) is 10.3 Å². The maximum Gasteiger partial charge on any atom is 0.415 e. The Bertz CT molecular complexity index is 1340. The first-order chi connectivity index (χ1) is 18.1. The first-order valence-electron chi connectivity index (χ1n) is 12.3. The number of nitrogens with one attached hydrogen (secondary N) is 1. The first-order valence-corrected chi connectivity index (χ1v) is 13.5. The van der Waals surface area contributed by atoms with Crippen molar-refractivity contribution in [3.05, 3.63) is 45.8 Å². The van der Waals surface area contributed by atoms with Gasteiger partial charge in [-0.25, -0.2) is 19.4 Å². The number of nitrogens with zero attached hydrogens (tertiary/aromatic N) is 2. The number of carbonyl (C=O) groups is 3. The van der Waals surface area contributed by atoms with Crippen molar-refractivity contribution in [3.8, 4) is 0 Å². The van der Waals surface area contributed by atoms with Crippen LogP contribution in [0.4, 0.5) is 15.3 Å². The molecule has 0 fully saturated rings. The molecule has 1 atom stereocenters. The highest BCUT2D eigenvalue weighted by molar-refractivity contribution is 7.20. The number of ether oxygens (including phenoxy) is 3. The fourth-order valence-electron chi connectivity index (χ4n) is 3.67. The SMILES string of the molecule is COC(=O)[C@@H](Cc1sc2c(N(Cc3ccco3)C(=O)OC(C)(C)C)cc(Cl)nc2c1C)NC(=O)OC(C)(C)C. The van der Waals surface area contributed by atoms with Crippen molar-refractivity contribution in [3.63, 3.8) is 0 Å². The van der Waals surface area contributed by atoms with Gasteiger partial charge >= 0.3 is 18.2 Å². The van der Waals surface area contributed by atoms with Gasteiger partial charge in [-0.2, -0.15) is 0 Å². The van der Waals surface area contributed by atoms with Crippen LogP contribution in [0, 0.1) is 6.92 Å². The molecule has 0 saturated heterocycles. The molecule has 2 amide bonds. The van der Waals surface area contributed by atoms with Gasteiger partial charge in [0.15, 0.2) is 0 Å². The molecule has 0 bridgehead atoms. The number of amides is 2. The second-order valence-corrected chi connectivity index (χ2v) is 12.4. The molecule has 1 N–H and O–H groups in total. The number of furan rings is 1. The Labute approximate surface area is 236 Å². The number of aryl methyl sites for hydroxylation is 1. The summed E-state index contributed by atoms with van der Waals surface area (Å²) in [6, 6.07) is 4.06. The standard InChI is InChI=1S/C27H34ClN3O7S/c1-15-19(12-17(23(32)35-8)29-24(33)37-26(2,3)4)39-22-18(13-20(28)30-21(15)22)31(14-16-10-9-11-36-16)25(34)38-27(5,6)7/h9-11,13,17H,12,14H2,1-8H3,(H,29,33)/t17-/m1/s1. The molecule has 10 nitrogen and oxygen atoms in total. The van der Waals surface area contributed by atoms with E-state index >= 15 is 0 Å². The quantitative estimate of drug-likeness (QED) is 0.194. The molecule has 212 valence electrons. The highest BCUT2D eigenvalue weighted by Gasteiger charge is 2.30. The van der Waals surface area contributed by atoms with Crippen LogP contribution in [-0.4, -0.2) is 47.5 Å². The number of pyridine rings is 1. The summed E-state index contributed by atoms with van der Waals surface area (Å²) in [6.07, 6.45) is 0.304. The number of fused-ring (bicyclic) bond motifs is 1. The Morgan fingerprint density at radius 2 is 1.82 bits per heavy atom. The molecular formula is C27H34ClN3O7S. The van der Waals surface area contributed by atoms with Gasteiger partial charge in [-0.05, 0) is 66.2 Å². The molecule has 0 unspecified atom stereocenters. The largest absolute Gasteiger partial charge is 0.467 e. The molecular weight excluding hydrogens is 546 g/mol. The number of esters is 1. The van der Waals surface area contributed by atoms with Crippen LogP contribution >= 0.6 is 22.9 Å². The van der Waals surface area contributed by atoms with Gasteiger partial charge in [-0.15, -0.1) is 11.3 Å². The summed E-state index contributed by atoms with van der Waals surface area (Å²) in [7, 11) is 1.25. The normalized spacial score (nSPS) is 12.6. The minimum absolute atomic E-state index is 0.0919. The van der Waals surface area contributed by atoms with Crippen molar-refractivity contribution >= 4 is 57.0 Å². The van der Waals surface area contributed by atoms with Crippen LogP contribution in [-0.2, 0) is 32.0 Å². The van der Waals surface area contributed by atoms with Crippen LogP contribution in [0.3, 0.4) is 0 Å². The lowest BCUT2D eigenvalue weighted by Crippen LogP contribution is -2.45. The summed E-state index contributed by atoms with van der Waals surface area (Å²) < 4.78 is 22.1. The molecule has 3 aromatic heterocycles. The van der Waals surface area contributed by atoms with E-state index in [9.17, 15) is 14.4 Å². The highest BCUT2D eigenvalue weighted by atomic mass is 35.5. The summed E-state index contributed by atoms with van der Waals surface area (Å²) in [4.78, 5) is 45.0. The topological polar surface area (TPSA) is 120 Å². The molecule has 0 aliphatic carbocycles. The molecule has 3 heterocycles. The number of rotatable bonds is 7. The highest BCUT2D eigenvalue weighted by Crippen LogP contribution is 2.40. The van der Waals surface area contributed by atoms with Gasteiger partial charge < -0.3 is 23.9 Å². The smallest absolute Gasteiger partial charge is 0.415 e. The molecule has 0 radical (unpaired) electrons. The summed E-state index contributed by atoms with van der Waals surface area (Å²) in [6.45, 7) is 12.5. The Balaban J connectivity index is 2.05. The third-order valence-corrected chi connectivity index (χ3v) is 6.81. The summed E-state index contributed by atoms with van der Waals surface area (Å²) in [5.41, 5.74) is 0.302. The van der Waals surface area contributed by atoms with Crippen LogP contribution in [0.15, 0.2) is 28.9 Å². The van der Waals surface area contributed by atoms with E-state index in [1.54, 1.807) is 59.7 Å². The Kier molecular flexibility index (Phi) is 9.17. The number of carbonyl (C=O) groups excluding carboxylic acids is 3. The third kappa shape index (κ3) is 8.09. The second-order valence-electron chi connectivity index (χ2n) is 10.9. The van der Waals surface area contributed by atoms with E-state index in [1.165, 1.54) is 29.6 Å². The molecule has 0 aliphatic rings. The van der Waals surface area contributed by atoms with E-state index in [1.807, 2.05) is 6.92 Å². The van der Waals surface area contributed by atoms with Crippen molar-refractivity contribution in [2.45, 2.75) is 78.7 Å². The van der Waals surface area contributed by atoms with E-state index < -0.39 is 35.4 Å². The molecule has 0 aromatic carbocycles. The van der Waals surface area contributed by atoms with Gasteiger partial charge in [0, 0.05) is 17.4 Å². The second kappa shape index (κ2) is 11.8. The lowest BCUT2D eigenvalue weighted by atomic mass is 10.1. The van der Waals surface area contributed by atoms with Gasteiger partial charge in [0.1, 0.15) is 28.2 Å². The fraction of sp³-hybridized carbons (Fsp3) is 0.481. The predicted molar refractivity (Wildman–Crippen MR) is 149 cm³/mol.